The summed E-state index contributed by atoms with van der Waals surface area (Å²) in [5, 5.41) is 29.9. The van der Waals surface area contributed by atoms with Gasteiger partial charge in [-0.1, -0.05) is 6.07 Å². The van der Waals surface area contributed by atoms with E-state index in [1.807, 2.05) is 12.1 Å². The number of hydrogen-bond donors (Lipinski definition) is 3. The lowest BCUT2D eigenvalue weighted by molar-refractivity contribution is 0.157. The summed E-state index contributed by atoms with van der Waals surface area (Å²) in [6, 6.07) is 7.31. The van der Waals surface area contributed by atoms with Gasteiger partial charge in [-0.3, -0.25) is 4.90 Å². The zero-order valence-electron chi connectivity index (χ0n) is 12.9. The van der Waals surface area contributed by atoms with Crippen molar-refractivity contribution in [1.82, 2.24) is 4.90 Å². The van der Waals surface area contributed by atoms with E-state index in [1.165, 1.54) is 5.56 Å². The molecule has 1 atom stereocenters. The second-order valence-corrected chi connectivity index (χ2v) is 6.23. The SMILES string of the molecule is COc1cc2c(cc1O)[C@H]1Cc3ccc(O)c(O)c3CN1CC2. The van der Waals surface area contributed by atoms with Gasteiger partial charge in [-0.05, 0) is 47.7 Å². The van der Waals surface area contributed by atoms with Gasteiger partial charge in [0.15, 0.2) is 23.0 Å². The molecule has 2 aromatic carbocycles. The van der Waals surface area contributed by atoms with E-state index in [0.29, 0.717) is 12.3 Å². The van der Waals surface area contributed by atoms with Gasteiger partial charge in [-0.15, -0.1) is 0 Å². The van der Waals surface area contributed by atoms with Gasteiger partial charge in [0.2, 0.25) is 0 Å². The Balaban J connectivity index is 1.78. The van der Waals surface area contributed by atoms with Crippen molar-refractivity contribution in [2.24, 2.45) is 0 Å². The minimum Gasteiger partial charge on any atom is -0.504 e. The molecule has 4 rings (SSSR count). The number of ether oxygens (including phenoxy) is 1. The summed E-state index contributed by atoms with van der Waals surface area (Å²) in [5.74, 6) is 0.592. The predicted molar refractivity (Wildman–Crippen MR) is 85.0 cm³/mol. The molecule has 5 heteroatoms. The summed E-state index contributed by atoms with van der Waals surface area (Å²) in [6.45, 7) is 1.48. The largest absolute Gasteiger partial charge is 0.504 e. The number of phenolic OH excluding ortho intramolecular Hbond substituents is 3. The monoisotopic (exact) mass is 313 g/mol. The first-order chi connectivity index (χ1) is 11.1. The molecule has 0 aliphatic carbocycles. The lowest BCUT2D eigenvalue weighted by Gasteiger charge is -2.41. The average Bonchev–Trinajstić information content (AvgIpc) is 2.56. The second kappa shape index (κ2) is 5.06. The average molecular weight is 313 g/mol. The fourth-order valence-corrected chi connectivity index (χ4v) is 3.81. The van der Waals surface area contributed by atoms with Gasteiger partial charge in [0.1, 0.15) is 0 Å². The van der Waals surface area contributed by atoms with Crippen LogP contribution >= 0.6 is 0 Å². The molecule has 0 fully saturated rings. The minimum absolute atomic E-state index is 0.00988. The molecule has 0 spiro atoms. The molecular formula is C18H19NO4. The number of methoxy groups -OCH3 is 1. The number of aromatic hydroxyl groups is 3. The van der Waals surface area contributed by atoms with Crippen molar-refractivity contribution in [3.05, 3.63) is 46.5 Å². The van der Waals surface area contributed by atoms with E-state index in [4.69, 9.17) is 4.74 Å². The molecule has 2 aliphatic rings. The topological polar surface area (TPSA) is 73.2 Å². The summed E-state index contributed by atoms with van der Waals surface area (Å²) < 4.78 is 5.21. The molecule has 5 nitrogen and oxygen atoms in total. The fraction of sp³-hybridized carbons (Fsp3) is 0.333. The third kappa shape index (κ3) is 2.11. The highest BCUT2D eigenvalue weighted by atomic mass is 16.5. The van der Waals surface area contributed by atoms with E-state index in [2.05, 4.69) is 4.90 Å². The zero-order valence-corrected chi connectivity index (χ0v) is 12.9. The minimum atomic E-state index is -0.0676. The lowest BCUT2D eigenvalue weighted by Crippen LogP contribution is -2.39. The Hall–Kier alpha value is -2.40. The third-order valence-electron chi connectivity index (χ3n) is 5.04. The lowest BCUT2D eigenvalue weighted by atomic mass is 9.83. The summed E-state index contributed by atoms with van der Waals surface area (Å²) in [6.07, 6.45) is 1.62. The molecule has 0 saturated carbocycles. The smallest absolute Gasteiger partial charge is 0.162 e. The number of phenols is 3. The molecule has 0 unspecified atom stereocenters. The highest BCUT2D eigenvalue weighted by Crippen LogP contribution is 2.44. The van der Waals surface area contributed by atoms with Crippen LogP contribution in [0.5, 0.6) is 23.0 Å². The zero-order chi connectivity index (χ0) is 16.1. The van der Waals surface area contributed by atoms with Gasteiger partial charge in [-0.2, -0.15) is 0 Å². The summed E-state index contributed by atoms with van der Waals surface area (Å²) in [4.78, 5) is 2.29. The van der Waals surface area contributed by atoms with Crippen LogP contribution in [0.2, 0.25) is 0 Å². The van der Waals surface area contributed by atoms with Crippen LogP contribution in [0.1, 0.15) is 28.3 Å². The Morgan fingerprint density at radius 3 is 2.70 bits per heavy atom. The Morgan fingerprint density at radius 1 is 1.09 bits per heavy atom. The maximum absolute atomic E-state index is 10.1. The van der Waals surface area contributed by atoms with Crippen LogP contribution in [0.15, 0.2) is 24.3 Å². The highest BCUT2D eigenvalue weighted by molar-refractivity contribution is 5.53. The fourth-order valence-electron chi connectivity index (χ4n) is 3.81. The van der Waals surface area contributed by atoms with Crippen molar-refractivity contribution in [3.8, 4) is 23.0 Å². The predicted octanol–water partition coefficient (Wildman–Crippen LogP) is 2.47. The van der Waals surface area contributed by atoms with E-state index < -0.39 is 0 Å². The molecule has 0 bridgehead atoms. The molecule has 2 heterocycles. The van der Waals surface area contributed by atoms with Gasteiger partial charge in [-0.25, -0.2) is 0 Å². The molecule has 120 valence electrons. The number of benzene rings is 2. The molecule has 0 saturated heterocycles. The number of nitrogens with zero attached hydrogens (tertiary/aromatic N) is 1. The van der Waals surface area contributed by atoms with Crippen molar-refractivity contribution < 1.29 is 20.1 Å². The first-order valence-electron chi connectivity index (χ1n) is 7.75. The maximum Gasteiger partial charge on any atom is 0.162 e. The van der Waals surface area contributed by atoms with Crippen LogP contribution in [0.4, 0.5) is 0 Å². The van der Waals surface area contributed by atoms with E-state index in [9.17, 15) is 15.3 Å². The van der Waals surface area contributed by atoms with Crippen LogP contribution in [-0.2, 0) is 19.4 Å². The molecular weight excluding hydrogens is 294 g/mol. The normalized spacial score (nSPS) is 19.6. The molecule has 2 aromatic rings. The van der Waals surface area contributed by atoms with E-state index in [1.54, 1.807) is 19.2 Å². The number of fused-ring (bicyclic) bond motifs is 4. The van der Waals surface area contributed by atoms with Crippen LogP contribution in [0, 0.1) is 0 Å². The van der Waals surface area contributed by atoms with Gasteiger partial charge in [0.25, 0.3) is 0 Å². The van der Waals surface area contributed by atoms with Gasteiger partial charge in [0.05, 0.1) is 7.11 Å². The van der Waals surface area contributed by atoms with Crippen molar-refractivity contribution in [1.29, 1.82) is 0 Å². The van der Waals surface area contributed by atoms with Crippen LogP contribution in [0.25, 0.3) is 0 Å². The second-order valence-electron chi connectivity index (χ2n) is 6.23. The molecule has 2 aliphatic heterocycles. The van der Waals surface area contributed by atoms with E-state index >= 15 is 0 Å². The van der Waals surface area contributed by atoms with Crippen LogP contribution in [0.3, 0.4) is 0 Å². The first kappa shape index (κ1) is 14.2. The van der Waals surface area contributed by atoms with Crippen LogP contribution < -0.4 is 4.74 Å². The highest BCUT2D eigenvalue weighted by Gasteiger charge is 2.34. The Morgan fingerprint density at radius 2 is 1.91 bits per heavy atom. The Kier molecular flexibility index (Phi) is 3.13. The van der Waals surface area contributed by atoms with Gasteiger partial charge < -0.3 is 20.1 Å². The van der Waals surface area contributed by atoms with Crippen LogP contribution in [-0.4, -0.2) is 33.9 Å². The van der Waals surface area contributed by atoms with Crippen molar-refractivity contribution in [2.45, 2.75) is 25.4 Å². The molecule has 23 heavy (non-hydrogen) atoms. The van der Waals surface area contributed by atoms with Gasteiger partial charge >= 0.3 is 0 Å². The Bertz CT molecular complexity index is 787. The standard InChI is InChI=1S/C18H19NO4/c1-23-17-7-11-4-5-19-9-13-10(2-3-15(20)18(13)22)6-14(19)12(11)8-16(17)21/h2-3,7-8,14,20-22H,4-6,9H2,1H3/t14-/m1/s1. The van der Waals surface area contributed by atoms with E-state index in [0.717, 1.165) is 36.1 Å². The van der Waals surface area contributed by atoms with Crippen molar-refractivity contribution >= 4 is 0 Å². The summed E-state index contributed by atoms with van der Waals surface area (Å²) >= 11 is 0. The molecule has 0 radical (unpaired) electrons. The molecule has 0 aromatic heterocycles. The number of hydrogen-bond acceptors (Lipinski definition) is 5. The number of rotatable bonds is 1. The van der Waals surface area contributed by atoms with Crippen molar-refractivity contribution in [2.75, 3.05) is 13.7 Å². The first-order valence-corrected chi connectivity index (χ1v) is 7.75. The quantitative estimate of drug-likeness (QED) is 0.705. The van der Waals surface area contributed by atoms with Gasteiger partial charge in [0, 0.05) is 24.7 Å². The molecule has 0 amide bonds. The van der Waals surface area contributed by atoms with E-state index in [-0.39, 0.29) is 23.3 Å². The Labute approximate surface area is 134 Å². The van der Waals surface area contributed by atoms with Crippen molar-refractivity contribution in [3.63, 3.8) is 0 Å². The third-order valence-corrected chi connectivity index (χ3v) is 5.04. The molecule has 3 N–H and O–H groups in total. The summed E-state index contributed by atoms with van der Waals surface area (Å²) in [5.41, 5.74) is 4.17. The summed E-state index contributed by atoms with van der Waals surface area (Å²) in [7, 11) is 1.56. The maximum atomic E-state index is 10.1.